The summed E-state index contributed by atoms with van der Waals surface area (Å²) in [6, 6.07) is 23.7. The number of imidazole rings is 1. The number of hydrogen-bond acceptors (Lipinski definition) is 4. The number of carbonyl (C=O) groups excluding carboxylic acids is 1. The Morgan fingerprint density at radius 2 is 1.80 bits per heavy atom. The quantitative estimate of drug-likeness (QED) is 0.274. The molecule has 1 aromatic heterocycles. The molecule has 182 valence electrons. The number of nitrogens with zero attached hydrogens (tertiary/aromatic N) is 2. The van der Waals surface area contributed by atoms with Gasteiger partial charge in [0, 0.05) is 19.5 Å². The molecule has 6 nitrogen and oxygen atoms in total. The second-order valence-electron chi connectivity index (χ2n) is 8.60. The Kier molecular flexibility index (Phi) is 8.39. The van der Waals surface area contributed by atoms with Crippen molar-refractivity contribution in [3.05, 3.63) is 89.7 Å². The molecule has 0 unspecified atom stereocenters. The first-order valence-electron chi connectivity index (χ1n) is 12.2. The summed E-state index contributed by atoms with van der Waals surface area (Å²) in [4.78, 5) is 17.4. The zero-order valence-electron chi connectivity index (χ0n) is 20.5. The van der Waals surface area contributed by atoms with Gasteiger partial charge in [-0.05, 0) is 68.1 Å². The van der Waals surface area contributed by atoms with E-state index in [9.17, 15) is 4.79 Å². The van der Waals surface area contributed by atoms with Gasteiger partial charge in [-0.25, -0.2) is 4.98 Å². The summed E-state index contributed by atoms with van der Waals surface area (Å²) in [5.74, 6) is 2.44. The Morgan fingerprint density at radius 3 is 2.66 bits per heavy atom. The third kappa shape index (κ3) is 6.41. The van der Waals surface area contributed by atoms with Gasteiger partial charge in [0.2, 0.25) is 0 Å². The number of ether oxygens (including phenoxy) is 2. The SMILES string of the molecule is COc1ccccc1C(=O)NCCCc1nc2ccccc2n1CCCCOc1cccc(C)c1. The van der Waals surface area contributed by atoms with Crippen LogP contribution in [0.15, 0.2) is 72.8 Å². The molecular weight excluding hydrogens is 438 g/mol. The summed E-state index contributed by atoms with van der Waals surface area (Å²) in [5, 5.41) is 3.00. The topological polar surface area (TPSA) is 65.4 Å². The molecule has 1 heterocycles. The Labute approximate surface area is 206 Å². The molecule has 0 atom stereocenters. The number of amides is 1. The predicted octanol–water partition coefficient (Wildman–Crippen LogP) is 5.58. The second-order valence-corrected chi connectivity index (χ2v) is 8.60. The van der Waals surface area contributed by atoms with Crippen LogP contribution < -0.4 is 14.8 Å². The van der Waals surface area contributed by atoms with E-state index >= 15 is 0 Å². The molecule has 0 saturated heterocycles. The van der Waals surface area contributed by atoms with Crippen LogP contribution in [0.4, 0.5) is 0 Å². The molecule has 4 rings (SSSR count). The summed E-state index contributed by atoms with van der Waals surface area (Å²) in [5.41, 5.74) is 3.92. The van der Waals surface area contributed by atoms with Crippen molar-refractivity contribution in [2.75, 3.05) is 20.3 Å². The average molecular weight is 472 g/mol. The Morgan fingerprint density at radius 1 is 0.971 bits per heavy atom. The van der Waals surface area contributed by atoms with Crippen LogP contribution in [0.2, 0.25) is 0 Å². The van der Waals surface area contributed by atoms with Crippen LogP contribution in [-0.4, -0.2) is 35.7 Å². The van der Waals surface area contributed by atoms with Crippen molar-refractivity contribution in [1.29, 1.82) is 0 Å². The third-order valence-electron chi connectivity index (χ3n) is 5.98. The highest BCUT2D eigenvalue weighted by Gasteiger charge is 2.12. The fraction of sp³-hybridized carbons (Fsp3) is 0.310. The number of hydrogen-bond donors (Lipinski definition) is 1. The minimum absolute atomic E-state index is 0.121. The largest absolute Gasteiger partial charge is 0.496 e. The number of unbranched alkanes of at least 4 members (excludes halogenated alkanes) is 1. The van der Waals surface area contributed by atoms with Gasteiger partial charge >= 0.3 is 0 Å². The molecule has 4 aromatic rings. The number of nitrogens with one attached hydrogen (secondary N) is 1. The van der Waals surface area contributed by atoms with Gasteiger partial charge in [0.05, 0.1) is 30.3 Å². The van der Waals surface area contributed by atoms with Crippen LogP contribution in [0.25, 0.3) is 11.0 Å². The zero-order valence-corrected chi connectivity index (χ0v) is 20.5. The van der Waals surface area contributed by atoms with Gasteiger partial charge in [-0.1, -0.05) is 36.4 Å². The van der Waals surface area contributed by atoms with Crippen LogP contribution in [0.5, 0.6) is 11.5 Å². The average Bonchev–Trinajstić information content (AvgIpc) is 3.23. The molecule has 0 spiro atoms. The van der Waals surface area contributed by atoms with Crippen molar-refractivity contribution in [3.8, 4) is 11.5 Å². The first-order chi connectivity index (χ1) is 17.2. The number of para-hydroxylation sites is 3. The van der Waals surface area contributed by atoms with Gasteiger partial charge in [-0.15, -0.1) is 0 Å². The maximum absolute atomic E-state index is 12.5. The van der Waals surface area contributed by atoms with E-state index in [2.05, 4.69) is 47.1 Å². The number of methoxy groups -OCH3 is 1. The number of rotatable bonds is 12. The van der Waals surface area contributed by atoms with E-state index < -0.39 is 0 Å². The van der Waals surface area contributed by atoms with Crippen molar-refractivity contribution in [3.63, 3.8) is 0 Å². The lowest BCUT2D eigenvalue weighted by atomic mass is 10.2. The van der Waals surface area contributed by atoms with Crippen LogP contribution in [0.3, 0.4) is 0 Å². The molecule has 0 aliphatic rings. The monoisotopic (exact) mass is 471 g/mol. The number of fused-ring (bicyclic) bond motifs is 1. The van der Waals surface area contributed by atoms with E-state index in [4.69, 9.17) is 14.5 Å². The van der Waals surface area contributed by atoms with Gasteiger partial charge < -0.3 is 19.4 Å². The van der Waals surface area contributed by atoms with Crippen molar-refractivity contribution in [1.82, 2.24) is 14.9 Å². The Hall–Kier alpha value is -3.80. The van der Waals surface area contributed by atoms with Crippen LogP contribution in [0.1, 0.15) is 41.0 Å². The second kappa shape index (κ2) is 12.1. The number of carbonyl (C=O) groups is 1. The molecule has 0 radical (unpaired) electrons. The summed E-state index contributed by atoms with van der Waals surface area (Å²) < 4.78 is 13.5. The molecule has 6 heteroatoms. The minimum Gasteiger partial charge on any atom is -0.496 e. The minimum atomic E-state index is -0.121. The molecule has 3 aromatic carbocycles. The number of aryl methyl sites for hydroxylation is 3. The lowest BCUT2D eigenvalue weighted by molar-refractivity contribution is 0.0950. The van der Waals surface area contributed by atoms with E-state index in [0.29, 0.717) is 24.5 Å². The molecule has 0 aliphatic heterocycles. The smallest absolute Gasteiger partial charge is 0.255 e. The summed E-state index contributed by atoms with van der Waals surface area (Å²) in [6.45, 7) is 4.23. The first kappa shape index (κ1) is 24.3. The van der Waals surface area contributed by atoms with Gasteiger partial charge in [-0.3, -0.25) is 4.79 Å². The number of aromatic nitrogens is 2. The van der Waals surface area contributed by atoms with E-state index in [1.165, 1.54) is 5.56 Å². The normalized spacial score (nSPS) is 10.9. The molecule has 35 heavy (non-hydrogen) atoms. The molecule has 0 fully saturated rings. The van der Waals surface area contributed by atoms with Crippen molar-refractivity contribution >= 4 is 16.9 Å². The molecule has 0 aliphatic carbocycles. The standard InChI is InChI=1S/C29H33N3O3/c1-22-11-9-12-23(21-22)35-20-8-7-19-32-26-15-5-4-14-25(26)31-28(32)17-10-18-30-29(33)24-13-3-6-16-27(24)34-2/h3-6,9,11-16,21H,7-8,10,17-20H2,1-2H3,(H,30,33). The highest BCUT2D eigenvalue weighted by molar-refractivity contribution is 5.96. The van der Waals surface area contributed by atoms with Crippen molar-refractivity contribution < 1.29 is 14.3 Å². The predicted molar refractivity (Wildman–Crippen MR) is 139 cm³/mol. The van der Waals surface area contributed by atoms with E-state index in [1.807, 2.05) is 30.3 Å². The van der Waals surface area contributed by atoms with Crippen LogP contribution in [-0.2, 0) is 13.0 Å². The fourth-order valence-electron chi connectivity index (χ4n) is 4.21. The first-order valence-corrected chi connectivity index (χ1v) is 12.2. The number of benzene rings is 3. The Bertz CT molecular complexity index is 1270. The molecule has 1 amide bonds. The lowest BCUT2D eigenvalue weighted by Gasteiger charge is -2.11. The van der Waals surface area contributed by atoms with Gasteiger partial charge in [0.15, 0.2) is 0 Å². The van der Waals surface area contributed by atoms with Gasteiger partial charge in [-0.2, -0.15) is 0 Å². The zero-order chi connectivity index (χ0) is 24.5. The Balaban J connectivity index is 1.30. The molecular formula is C29H33N3O3. The fourth-order valence-corrected chi connectivity index (χ4v) is 4.21. The molecule has 0 saturated carbocycles. The highest BCUT2D eigenvalue weighted by atomic mass is 16.5. The summed E-state index contributed by atoms with van der Waals surface area (Å²) in [6.07, 6.45) is 3.57. The van der Waals surface area contributed by atoms with E-state index in [1.54, 1.807) is 19.2 Å². The van der Waals surface area contributed by atoms with Crippen molar-refractivity contribution in [2.24, 2.45) is 0 Å². The highest BCUT2D eigenvalue weighted by Crippen LogP contribution is 2.19. The molecule has 1 N–H and O–H groups in total. The lowest BCUT2D eigenvalue weighted by Crippen LogP contribution is -2.25. The van der Waals surface area contributed by atoms with E-state index in [-0.39, 0.29) is 5.91 Å². The van der Waals surface area contributed by atoms with E-state index in [0.717, 1.165) is 54.8 Å². The maximum atomic E-state index is 12.5. The maximum Gasteiger partial charge on any atom is 0.255 e. The molecule has 0 bridgehead atoms. The van der Waals surface area contributed by atoms with Gasteiger partial charge in [0.1, 0.15) is 17.3 Å². The van der Waals surface area contributed by atoms with Crippen LogP contribution >= 0.6 is 0 Å². The third-order valence-corrected chi connectivity index (χ3v) is 5.98. The van der Waals surface area contributed by atoms with Gasteiger partial charge in [0.25, 0.3) is 5.91 Å². The summed E-state index contributed by atoms with van der Waals surface area (Å²) in [7, 11) is 1.57. The summed E-state index contributed by atoms with van der Waals surface area (Å²) >= 11 is 0. The van der Waals surface area contributed by atoms with Crippen molar-refractivity contribution in [2.45, 2.75) is 39.2 Å². The van der Waals surface area contributed by atoms with Crippen LogP contribution in [0, 0.1) is 6.92 Å².